The van der Waals surface area contributed by atoms with Gasteiger partial charge >= 0.3 is 12.0 Å². The van der Waals surface area contributed by atoms with Crippen molar-refractivity contribution in [3.8, 4) is 0 Å². The number of carbonyl (C=O) groups is 2. The molecule has 1 heterocycles. The molecule has 2 amide bonds. The van der Waals surface area contributed by atoms with Gasteiger partial charge in [0.1, 0.15) is 6.04 Å². The summed E-state index contributed by atoms with van der Waals surface area (Å²) in [5.41, 5.74) is 1.14. The molecule has 0 saturated carbocycles. The molecule has 1 aromatic rings. The third kappa shape index (κ3) is 5.23. The van der Waals surface area contributed by atoms with Crippen molar-refractivity contribution in [3.05, 3.63) is 35.9 Å². The van der Waals surface area contributed by atoms with Gasteiger partial charge in [-0.15, -0.1) is 0 Å². The Morgan fingerprint density at radius 2 is 1.95 bits per heavy atom. The molecule has 1 aliphatic rings. The van der Waals surface area contributed by atoms with Gasteiger partial charge in [-0.25, -0.2) is 9.59 Å². The fraction of sp³-hybridized carbons (Fsp3) is 0.467. The van der Waals surface area contributed by atoms with Crippen molar-refractivity contribution in [2.45, 2.75) is 11.8 Å². The van der Waals surface area contributed by atoms with Crippen LogP contribution in [0.1, 0.15) is 5.56 Å². The van der Waals surface area contributed by atoms with Crippen LogP contribution in [0.5, 0.6) is 0 Å². The number of ether oxygens (including phenoxy) is 1. The van der Waals surface area contributed by atoms with Crippen molar-refractivity contribution < 1.29 is 19.4 Å². The van der Waals surface area contributed by atoms with E-state index in [-0.39, 0.29) is 6.03 Å². The first-order valence-corrected chi connectivity index (χ1v) is 8.30. The van der Waals surface area contributed by atoms with Gasteiger partial charge in [0.2, 0.25) is 0 Å². The van der Waals surface area contributed by atoms with E-state index in [4.69, 9.17) is 4.74 Å². The van der Waals surface area contributed by atoms with Crippen molar-refractivity contribution >= 4 is 23.8 Å². The number of benzene rings is 1. The molecular formula is C15H20N2O4S. The molecule has 2 rings (SSSR count). The summed E-state index contributed by atoms with van der Waals surface area (Å²) in [7, 11) is 0. The maximum absolute atomic E-state index is 12.0. The topological polar surface area (TPSA) is 78.9 Å². The summed E-state index contributed by atoms with van der Waals surface area (Å²) in [5.74, 6) is 0.0420. The van der Waals surface area contributed by atoms with E-state index in [1.54, 1.807) is 4.90 Å². The predicted molar refractivity (Wildman–Crippen MR) is 85.0 cm³/mol. The van der Waals surface area contributed by atoms with Gasteiger partial charge in [0.15, 0.2) is 0 Å². The molecule has 1 atom stereocenters. The van der Waals surface area contributed by atoms with Gasteiger partial charge in [0.05, 0.1) is 13.2 Å². The van der Waals surface area contributed by atoms with E-state index >= 15 is 0 Å². The number of nitrogens with one attached hydrogen (secondary N) is 1. The minimum absolute atomic E-state index is 0.334. The van der Waals surface area contributed by atoms with Crippen molar-refractivity contribution in [2.75, 3.05) is 32.1 Å². The quantitative estimate of drug-likeness (QED) is 0.827. The summed E-state index contributed by atoms with van der Waals surface area (Å²) in [6.07, 6.45) is 0. The minimum Gasteiger partial charge on any atom is -0.480 e. The van der Waals surface area contributed by atoms with Crippen LogP contribution in [0.15, 0.2) is 30.3 Å². The zero-order valence-electron chi connectivity index (χ0n) is 12.2. The molecule has 0 aliphatic carbocycles. The number of morpholine rings is 1. The predicted octanol–water partition coefficient (Wildman–Crippen LogP) is 1.41. The number of carboxylic acid groups (broad SMARTS) is 1. The Kier molecular flexibility index (Phi) is 6.54. The molecule has 2 N–H and O–H groups in total. The van der Waals surface area contributed by atoms with Crippen LogP contribution in [0.4, 0.5) is 4.79 Å². The Morgan fingerprint density at radius 1 is 1.27 bits per heavy atom. The van der Waals surface area contributed by atoms with Gasteiger partial charge in [0.25, 0.3) is 0 Å². The minimum atomic E-state index is -1.01. The highest BCUT2D eigenvalue weighted by Gasteiger charge is 2.24. The smallest absolute Gasteiger partial charge is 0.327 e. The summed E-state index contributed by atoms with van der Waals surface area (Å²) in [6.45, 7) is 1.98. The third-order valence-electron chi connectivity index (χ3n) is 3.29. The lowest BCUT2D eigenvalue weighted by Crippen LogP contribution is -2.52. The van der Waals surface area contributed by atoms with E-state index in [1.807, 2.05) is 30.3 Å². The molecule has 120 valence electrons. The maximum Gasteiger partial charge on any atom is 0.327 e. The molecular weight excluding hydrogens is 304 g/mol. The molecule has 7 heteroatoms. The van der Waals surface area contributed by atoms with Gasteiger partial charge in [-0.1, -0.05) is 30.3 Å². The van der Waals surface area contributed by atoms with Gasteiger partial charge in [-0.3, -0.25) is 0 Å². The van der Waals surface area contributed by atoms with Gasteiger partial charge < -0.3 is 20.1 Å². The zero-order valence-corrected chi connectivity index (χ0v) is 13.1. The van der Waals surface area contributed by atoms with Crippen molar-refractivity contribution in [1.29, 1.82) is 0 Å². The second kappa shape index (κ2) is 8.65. The lowest BCUT2D eigenvalue weighted by atomic mass is 10.2. The number of rotatable bonds is 6. The highest BCUT2D eigenvalue weighted by molar-refractivity contribution is 7.98. The van der Waals surface area contributed by atoms with Crippen LogP contribution in [0.3, 0.4) is 0 Å². The first-order valence-electron chi connectivity index (χ1n) is 7.14. The Hall–Kier alpha value is -1.73. The summed E-state index contributed by atoms with van der Waals surface area (Å²) >= 11 is 1.49. The molecule has 0 bridgehead atoms. The number of urea groups is 1. The Bertz CT molecular complexity index is 492. The second-order valence-corrected chi connectivity index (χ2v) is 5.97. The van der Waals surface area contributed by atoms with Crippen LogP contribution in [0.25, 0.3) is 0 Å². The van der Waals surface area contributed by atoms with E-state index in [0.717, 1.165) is 11.3 Å². The Balaban J connectivity index is 1.79. The van der Waals surface area contributed by atoms with E-state index < -0.39 is 12.0 Å². The number of carbonyl (C=O) groups excluding carboxylic acids is 1. The molecule has 0 spiro atoms. The molecule has 0 radical (unpaired) electrons. The van der Waals surface area contributed by atoms with Crippen LogP contribution in [-0.2, 0) is 15.3 Å². The molecule has 6 nitrogen and oxygen atoms in total. The number of amides is 2. The molecule has 22 heavy (non-hydrogen) atoms. The van der Waals surface area contributed by atoms with Crippen LogP contribution in [0.2, 0.25) is 0 Å². The Labute approximate surface area is 133 Å². The van der Waals surface area contributed by atoms with Gasteiger partial charge in [0, 0.05) is 24.6 Å². The summed E-state index contributed by atoms with van der Waals surface area (Å²) in [6, 6.07) is 8.61. The third-order valence-corrected chi connectivity index (χ3v) is 4.40. The Morgan fingerprint density at radius 3 is 2.59 bits per heavy atom. The standard InChI is InChI=1S/C15H20N2O4S/c18-14(19)13(11-22-10-12-4-2-1-3-5-12)16-15(20)17-6-8-21-9-7-17/h1-5,13H,6-11H2,(H,16,20)(H,18,19). The van der Waals surface area contributed by atoms with E-state index in [0.29, 0.717) is 32.1 Å². The number of nitrogens with zero attached hydrogens (tertiary/aromatic N) is 1. The van der Waals surface area contributed by atoms with Crippen molar-refractivity contribution in [3.63, 3.8) is 0 Å². The van der Waals surface area contributed by atoms with E-state index in [9.17, 15) is 14.7 Å². The largest absolute Gasteiger partial charge is 0.480 e. The number of thioether (sulfide) groups is 1. The molecule has 1 aliphatic heterocycles. The van der Waals surface area contributed by atoms with E-state index in [1.165, 1.54) is 11.8 Å². The van der Waals surface area contributed by atoms with Gasteiger partial charge in [-0.05, 0) is 5.56 Å². The zero-order chi connectivity index (χ0) is 15.8. The SMILES string of the molecule is O=C(O)C(CSCc1ccccc1)NC(=O)N1CCOCC1. The lowest BCUT2D eigenvalue weighted by Gasteiger charge is -2.28. The first-order chi connectivity index (χ1) is 10.7. The van der Waals surface area contributed by atoms with Crippen LogP contribution >= 0.6 is 11.8 Å². The van der Waals surface area contributed by atoms with Crippen molar-refractivity contribution in [2.24, 2.45) is 0 Å². The second-order valence-electron chi connectivity index (χ2n) is 4.94. The number of aliphatic carboxylic acids is 1. The summed E-state index contributed by atoms with van der Waals surface area (Å²) in [4.78, 5) is 24.9. The van der Waals surface area contributed by atoms with Gasteiger partial charge in [-0.2, -0.15) is 11.8 Å². The molecule has 0 aromatic heterocycles. The normalized spacial score (nSPS) is 16.1. The average molecular weight is 324 g/mol. The average Bonchev–Trinajstić information content (AvgIpc) is 2.55. The highest BCUT2D eigenvalue weighted by atomic mass is 32.2. The molecule has 1 unspecified atom stereocenters. The number of hydrogen-bond acceptors (Lipinski definition) is 4. The van der Waals surface area contributed by atoms with Crippen LogP contribution < -0.4 is 5.32 Å². The lowest BCUT2D eigenvalue weighted by molar-refractivity contribution is -0.138. The highest BCUT2D eigenvalue weighted by Crippen LogP contribution is 2.13. The molecule has 1 aromatic carbocycles. The van der Waals surface area contributed by atoms with Crippen LogP contribution in [0, 0.1) is 0 Å². The van der Waals surface area contributed by atoms with E-state index in [2.05, 4.69) is 5.32 Å². The fourth-order valence-corrected chi connectivity index (χ4v) is 3.06. The maximum atomic E-state index is 12.0. The summed E-state index contributed by atoms with van der Waals surface area (Å²) in [5, 5.41) is 11.8. The monoisotopic (exact) mass is 324 g/mol. The summed E-state index contributed by atoms with van der Waals surface area (Å²) < 4.78 is 5.17. The first kappa shape index (κ1) is 16.6. The van der Waals surface area contributed by atoms with Crippen molar-refractivity contribution in [1.82, 2.24) is 10.2 Å². The molecule has 1 fully saturated rings. The van der Waals surface area contributed by atoms with Crippen LogP contribution in [-0.4, -0.2) is 60.1 Å². The fourth-order valence-electron chi connectivity index (χ4n) is 2.05. The number of carboxylic acids is 1. The molecule has 1 saturated heterocycles. The number of hydrogen-bond donors (Lipinski definition) is 2.